The van der Waals surface area contributed by atoms with Crippen LogP contribution in [0.1, 0.15) is 18.7 Å². The first kappa shape index (κ1) is 14.1. The van der Waals surface area contributed by atoms with Gasteiger partial charge in [-0.25, -0.2) is 8.78 Å². The smallest absolute Gasteiger partial charge is 0.259 e. The second-order valence-corrected chi connectivity index (χ2v) is 5.00. The summed E-state index contributed by atoms with van der Waals surface area (Å²) in [5.41, 5.74) is -0.251. The van der Waals surface area contributed by atoms with Crippen molar-refractivity contribution in [3.63, 3.8) is 0 Å². The zero-order valence-electron chi connectivity index (χ0n) is 11.5. The number of nitrogens with zero attached hydrogens (tertiary/aromatic N) is 2. The lowest BCUT2D eigenvalue weighted by molar-refractivity contribution is -0.0622. The number of ether oxygens (including phenoxy) is 1. The zero-order chi connectivity index (χ0) is 14.9. The predicted molar refractivity (Wildman–Crippen MR) is 70.4 cm³/mol. The average molecular weight is 295 g/mol. The molecule has 1 fully saturated rings. The number of nitrogens with one attached hydrogen (secondary N) is 1. The van der Waals surface area contributed by atoms with Crippen LogP contribution in [-0.2, 0) is 10.3 Å². The van der Waals surface area contributed by atoms with E-state index >= 15 is 0 Å². The molecule has 0 saturated carbocycles. The molecule has 0 bridgehead atoms. The molecule has 0 radical (unpaired) electrons. The first-order chi connectivity index (χ1) is 10.1. The summed E-state index contributed by atoms with van der Waals surface area (Å²) in [6.45, 7) is 1.58. The molecule has 2 heterocycles. The Morgan fingerprint density at radius 1 is 1.24 bits per heavy atom. The Hall–Kier alpha value is -1.86. The Bertz CT molecular complexity index is 639. The first-order valence-corrected chi connectivity index (χ1v) is 6.70. The molecule has 0 unspecified atom stereocenters. The normalized spacial score (nSPS) is 17.9. The Morgan fingerprint density at radius 2 is 2.00 bits per heavy atom. The number of rotatable bonds is 3. The monoisotopic (exact) mass is 295 g/mol. The Labute approximate surface area is 120 Å². The molecule has 0 aliphatic carbocycles. The molecule has 1 saturated heterocycles. The number of hydrogen-bond acceptors (Lipinski definition) is 5. The van der Waals surface area contributed by atoms with Crippen molar-refractivity contribution in [1.82, 2.24) is 15.5 Å². The van der Waals surface area contributed by atoms with Crippen LogP contribution in [-0.4, -0.2) is 30.3 Å². The average Bonchev–Trinajstić information content (AvgIpc) is 3.01. The summed E-state index contributed by atoms with van der Waals surface area (Å²) in [6.07, 6.45) is 1.42. The van der Waals surface area contributed by atoms with Gasteiger partial charge in [0, 0.05) is 12.7 Å². The summed E-state index contributed by atoms with van der Waals surface area (Å²) in [7, 11) is 1.60. The van der Waals surface area contributed by atoms with Crippen LogP contribution in [0.2, 0.25) is 0 Å². The van der Waals surface area contributed by atoms with Gasteiger partial charge in [0.05, 0.1) is 0 Å². The highest BCUT2D eigenvalue weighted by atomic mass is 19.2. The molecule has 7 heteroatoms. The largest absolute Gasteiger partial charge is 0.368 e. The maximum absolute atomic E-state index is 13.3. The van der Waals surface area contributed by atoms with Gasteiger partial charge in [0.2, 0.25) is 5.82 Å². The van der Waals surface area contributed by atoms with Crippen molar-refractivity contribution in [2.24, 2.45) is 0 Å². The van der Waals surface area contributed by atoms with E-state index in [1.165, 1.54) is 6.07 Å². The summed E-state index contributed by atoms with van der Waals surface area (Å²) in [5, 5.41) is 7.08. The fourth-order valence-electron chi connectivity index (χ4n) is 2.50. The van der Waals surface area contributed by atoms with Gasteiger partial charge in [0.25, 0.3) is 5.89 Å². The minimum atomic E-state index is -0.942. The molecule has 1 aromatic heterocycles. The third kappa shape index (κ3) is 2.54. The highest BCUT2D eigenvalue weighted by Crippen LogP contribution is 2.34. The Kier molecular flexibility index (Phi) is 3.69. The van der Waals surface area contributed by atoms with E-state index in [-0.39, 0.29) is 5.82 Å². The highest BCUT2D eigenvalue weighted by molar-refractivity contribution is 5.54. The van der Waals surface area contributed by atoms with Crippen LogP contribution in [0.5, 0.6) is 0 Å². The summed E-state index contributed by atoms with van der Waals surface area (Å²) in [6, 6.07) is 3.50. The third-order valence-corrected chi connectivity index (χ3v) is 3.80. The minimum Gasteiger partial charge on any atom is -0.368 e. The van der Waals surface area contributed by atoms with Crippen LogP contribution in [0.25, 0.3) is 11.4 Å². The van der Waals surface area contributed by atoms with Gasteiger partial charge in [-0.2, -0.15) is 4.98 Å². The van der Waals surface area contributed by atoms with Crippen LogP contribution >= 0.6 is 0 Å². The Morgan fingerprint density at radius 3 is 2.67 bits per heavy atom. The molecule has 3 rings (SSSR count). The fourth-order valence-corrected chi connectivity index (χ4v) is 2.50. The molecule has 21 heavy (non-hydrogen) atoms. The van der Waals surface area contributed by atoms with Gasteiger partial charge in [-0.15, -0.1) is 0 Å². The quantitative estimate of drug-likeness (QED) is 0.941. The molecule has 1 aliphatic heterocycles. The van der Waals surface area contributed by atoms with Crippen LogP contribution < -0.4 is 5.32 Å². The maximum Gasteiger partial charge on any atom is 0.259 e. The van der Waals surface area contributed by atoms with Crippen molar-refractivity contribution < 1.29 is 18.0 Å². The van der Waals surface area contributed by atoms with E-state index in [9.17, 15) is 8.78 Å². The predicted octanol–water partition coefficient (Wildman–Crippen LogP) is 2.24. The third-order valence-electron chi connectivity index (χ3n) is 3.80. The van der Waals surface area contributed by atoms with E-state index in [1.807, 2.05) is 0 Å². The number of hydrogen-bond donors (Lipinski definition) is 1. The SMILES string of the molecule is COC1(c2nc(-c3ccc(F)c(F)c3)no2)CCNCC1. The lowest BCUT2D eigenvalue weighted by Gasteiger charge is -2.32. The Balaban J connectivity index is 1.93. The summed E-state index contributed by atoms with van der Waals surface area (Å²) < 4.78 is 37.1. The molecule has 112 valence electrons. The van der Waals surface area contributed by atoms with Gasteiger partial charge < -0.3 is 14.6 Å². The number of methoxy groups -OCH3 is 1. The summed E-state index contributed by atoms with van der Waals surface area (Å²) >= 11 is 0. The second kappa shape index (κ2) is 5.50. The molecule has 1 aliphatic rings. The van der Waals surface area contributed by atoms with Gasteiger partial charge in [-0.1, -0.05) is 5.16 Å². The van der Waals surface area contributed by atoms with Gasteiger partial charge in [0.15, 0.2) is 11.6 Å². The molecule has 1 N–H and O–H groups in total. The van der Waals surface area contributed by atoms with Gasteiger partial charge >= 0.3 is 0 Å². The van der Waals surface area contributed by atoms with Gasteiger partial charge in [-0.05, 0) is 44.1 Å². The van der Waals surface area contributed by atoms with E-state index < -0.39 is 17.2 Å². The molecular weight excluding hydrogens is 280 g/mol. The highest BCUT2D eigenvalue weighted by Gasteiger charge is 2.39. The lowest BCUT2D eigenvalue weighted by Crippen LogP contribution is -2.41. The van der Waals surface area contributed by atoms with E-state index in [0.29, 0.717) is 24.3 Å². The van der Waals surface area contributed by atoms with Crippen molar-refractivity contribution >= 4 is 0 Å². The molecule has 1 aromatic carbocycles. The number of halogens is 2. The van der Waals surface area contributed by atoms with Crippen molar-refractivity contribution in [1.29, 1.82) is 0 Å². The second-order valence-electron chi connectivity index (χ2n) is 5.00. The van der Waals surface area contributed by atoms with E-state index in [1.54, 1.807) is 7.11 Å². The van der Waals surface area contributed by atoms with Crippen molar-refractivity contribution in [2.45, 2.75) is 18.4 Å². The van der Waals surface area contributed by atoms with Crippen LogP contribution in [0.4, 0.5) is 8.78 Å². The fraction of sp³-hybridized carbons (Fsp3) is 0.429. The van der Waals surface area contributed by atoms with Crippen molar-refractivity contribution in [3.8, 4) is 11.4 Å². The molecule has 0 amide bonds. The zero-order valence-corrected chi connectivity index (χ0v) is 11.5. The van der Waals surface area contributed by atoms with E-state index in [2.05, 4.69) is 15.5 Å². The topological polar surface area (TPSA) is 60.2 Å². The van der Waals surface area contributed by atoms with E-state index in [0.717, 1.165) is 25.2 Å². The molecule has 2 aromatic rings. The lowest BCUT2D eigenvalue weighted by atomic mass is 9.92. The molecule has 5 nitrogen and oxygen atoms in total. The van der Waals surface area contributed by atoms with Crippen LogP contribution in [0.15, 0.2) is 22.7 Å². The summed E-state index contributed by atoms with van der Waals surface area (Å²) in [5.74, 6) is -1.26. The standard InChI is InChI=1S/C14H15F2N3O2/c1-20-14(4-6-17-7-5-14)13-18-12(19-21-13)9-2-3-10(15)11(16)8-9/h2-3,8,17H,4-7H2,1H3. The number of aromatic nitrogens is 2. The first-order valence-electron chi connectivity index (χ1n) is 6.70. The van der Waals surface area contributed by atoms with Crippen molar-refractivity contribution in [3.05, 3.63) is 35.7 Å². The minimum absolute atomic E-state index is 0.221. The van der Waals surface area contributed by atoms with Crippen molar-refractivity contribution in [2.75, 3.05) is 20.2 Å². The van der Waals surface area contributed by atoms with E-state index in [4.69, 9.17) is 9.26 Å². The summed E-state index contributed by atoms with van der Waals surface area (Å²) in [4.78, 5) is 4.30. The molecular formula is C14H15F2N3O2. The number of benzene rings is 1. The van der Waals surface area contributed by atoms with Gasteiger partial charge in [0.1, 0.15) is 5.60 Å². The molecule has 0 spiro atoms. The maximum atomic E-state index is 13.3. The van der Waals surface area contributed by atoms with Gasteiger partial charge in [-0.3, -0.25) is 0 Å². The van der Waals surface area contributed by atoms with Crippen LogP contribution in [0.3, 0.4) is 0 Å². The number of piperidine rings is 1. The molecule has 0 atom stereocenters. The van der Waals surface area contributed by atoms with Crippen LogP contribution in [0, 0.1) is 11.6 Å².